The second-order valence-electron chi connectivity index (χ2n) is 3.81. The van der Waals surface area contributed by atoms with Crippen molar-refractivity contribution < 1.29 is 14.3 Å². The first-order chi connectivity index (χ1) is 9.47. The molecule has 0 aliphatic carbocycles. The highest BCUT2D eigenvalue weighted by Crippen LogP contribution is 2.29. The summed E-state index contributed by atoms with van der Waals surface area (Å²) in [5, 5.41) is -1.31. The molecule has 102 valence electrons. The third-order valence-electron chi connectivity index (χ3n) is 2.46. The van der Waals surface area contributed by atoms with E-state index in [0.29, 0.717) is 5.75 Å². The van der Waals surface area contributed by atoms with Crippen LogP contribution in [0.15, 0.2) is 46.9 Å². The van der Waals surface area contributed by atoms with E-state index < -0.39 is 10.5 Å². The molecule has 20 heavy (non-hydrogen) atoms. The molecule has 0 spiro atoms. The van der Waals surface area contributed by atoms with Crippen LogP contribution in [0, 0.1) is 0 Å². The van der Waals surface area contributed by atoms with Crippen molar-refractivity contribution in [2.45, 2.75) is 0 Å². The molecular formula is C14H7BrCl2O3. The molecule has 0 fully saturated rings. The number of carbonyl (C=O) groups excluding carboxylic acids is 2. The van der Waals surface area contributed by atoms with Crippen LogP contribution in [-0.2, 0) is 0 Å². The van der Waals surface area contributed by atoms with E-state index in [4.69, 9.17) is 27.9 Å². The summed E-state index contributed by atoms with van der Waals surface area (Å²) < 4.78 is 6.47. The zero-order valence-electron chi connectivity index (χ0n) is 9.90. The third kappa shape index (κ3) is 3.60. The molecule has 6 heteroatoms. The zero-order chi connectivity index (χ0) is 14.7. The van der Waals surface area contributed by atoms with Crippen molar-refractivity contribution in [3.63, 3.8) is 0 Å². The fraction of sp³-hybridized carbons (Fsp3) is 0. The highest BCUT2D eigenvalue weighted by Gasteiger charge is 2.14. The molecule has 0 aromatic heterocycles. The van der Waals surface area contributed by atoms with E-state index >= 15 is 0 Å². The van der Waals surface area contributed by atoms with Crippen molar-refractivity contribution in [3.05, 3.63) is 58.1 Å². The van der Waals surface area contributed by atoms with Gasteiger partial charge in [0.05, 0.1) is 5.56 Å². The van der Waals surface area contributed by atoms with E-state index in [1.807, 2.05) is 0 Å². The quantitative estimate of drug-likeness (QED) is 0.708. The molecule has 2 aromatic carbocycles. The molecule has 2 rings (SSSR count). The van der Waals surface area contributed by atoms with Gasteiger partial charge in [0.15, 0.2) is 0 Å². The fourth-order valence-corrected chi connectivity index (χ4v) is 2.06. The second kappa shape index (κ2) is 6.39. The average molecular weight is 374 g/mol. The minimum atomic E-state index is -0.675. The summed E-state index contributed by atoms with van der Waals surface area (Å²) in [7, 11) is 0. The van der Waals surface area contributed by atoms with Gasteiger partial charge in [-0.1, -0.05) is 15.9 Å². The molecule has 2 aromatic rings. The number of hydrogen-bond acceptors (Lipinski definition) is 3. The van der Waals surface area contributed by atoms with Crippen molar-refractivity contribution in [3.8, 4) is 11.5 Å². The topological polar surface area (TPSA) is 43.4 Å². The summed E-state index contributed by atoms with van der Waals surface area (Å²) in [6.45, 7) is 0. The van der Waals surface area contributed by atoms with Crippen molar-refractivity contribution in [1.82, 2.24) is 0 Å². The van der Waals surface area contributed by atoms with E-state index in [0.717, 1.165) is 4.47 Å². The summed E-state index contributed by atoms with van der Waals surface area (Å²) in [6.07, 6.45) is 0. The predicted octanol–water partition coefficient (Wildman–Crippen LogP) is 5.00. The number of carbonyl (C=O) groups is 2. The van der Waals surface area contributed by atoms with Gasteiger partial charge in [0, 0.05) is 10.0 Å². The van der Waals surface area contributed by atoms with Crippen molar-refractivity contribution in [1.29, 1.82) is 0 Å². The largest absolute Gasteiger partial charge is 0.457 e. The lowest BCUT2D eigenvalue weighted by Crippen LogP contribution is -1.98. The minimum Gasteiger partial charge on any atom is -0.457 e. The molecule has 0 saturated carbocycles. The molecule has 0 aliphatic rings. The van der Waals surface area contributed by atoms with Crippen LogP contribution in [0.5, 0.6) is 11.5 Å². The van der Waals surface area contributed by atoms with Crippen LogP contribution >= 0.6 is 39.1 Å². The van der Waals surface area contributed by atoms with Crippen LogP contribution in [0.2, 0.25) is 0 Å². The van der Waals surface area contributed by atoms with Crippen LogP contribution in [0.3, 0.4) is 0 Å². The van der Waals surface area contributed by atoms with Gasteiger partial charge in [-0.15, -0.1) is 0 Å². The lowest BCUT2D eigenvalue weighted by atomic mass is 10.1. The Kier molecular flexibility index (Phi) is 4.81. The number of rotatable bonds is 4. The van der Waals surface area contributed by atoms with Gasteiger partial charge < -0.3 is 4.74 Å². The Labute approximate surface area is 133 Å². The molecule has 0 bridgehead atoms. The Bertz CT molecular complexity index is 669. The predicted molar refractivity (Wildman–Crippen MR) is 81.0 cm³/mol. The van der Waals surface area contributed by atoms with Crippen LogP contribution < -0.4 is 4.74 Å². The number of ether oxygens (including phenoxy) is 1. The Balaban J connectivity index is 2.41. The standard InChI is InChI=1S/C14H7BrCl2O3/c15-9-2-4-10(5-3-9)20-12-7-8(13(16)18)1-6-11(12)14(17)19/h1-7H. The van der Waals surface area contributed by atoms with E-state index in [1.54, 1.807) is 24.3 Å². The van der Waals surface area contributed by atoms with Gasteiger partial charge in [0.2, 0.25) is 0 Å². The van der Waals surface area contributed by atoms with Crippen molar-refractivity contribution in [2.24, 2.45) is 0 Å². The molecule has 0 aliphatic heterocycles. The Morgan fingerprint density at radius 2 is 1.60 bits per heavy atom. The van der Waals surface area contributed by atoms with Gasteiger partial charge in [0.25, 0.3) is 10.5 Å². The van der Waals surface area contributed by atoms with Gasteiger partial charge in [-0.3, -0.25) is 9.59 Å². The van der Waals surface area contributed by atoms with E-state index in [2.05, 4.69) is 15.9 Å². The van der Waals surface area contributed by atoms with Crippen LogP contribution in [0.1, 0.15) is 20.7 Å². The molecule has 0 unspecified atom stereocenters. The van der Waals surface area contributed by atoms with Crippen LogP contribution in [0.25, 0.3) is 0 Å². The van der Waals surface area contributed by atoms with Crippen LogP contribution in [0.4, 0.5) is 0 Å². The summed E-state index contributed by atoms with van der Waals surface area (Å²) in [6, 6.07) is 11.2. The van der Waals surface area contributed by atoms with Gasteiger partial charge in [-0.2, -0.15) is 0 Å². The monoisotopic (exact) mass is 372 g/mol. The summed E-state index contributed by atoms with van der Waals surface area (Å²) >= 11 is 14.2. The lowest BCUT2D eigenvalue weighted by molar-refractivity contribution is 0.106. The van der Waals surface area contributed by atoms with Crippen LogP contribution in [-0.4, -0.2) is 10.5 Å². The van der Waals surface area contributed by atoms with Gasteiger partial charge >= 0.3 is 0 Å². The van der Waals surface area contributed by atoms with Gasteiger partial charge in [0.1, 0.15) is 11.5 Å². The Morgan fingerprint density at radius 1 is 0.950 bits per heavy atom. The molecule has 0 atom stereocenters. The van der Waals surface area contributed by atoms with E-state index in [1.165, 1.54) is 18.2 Å². The fourth-order valence-electron chi connectivity index (χ4n) is 1.52. The molecular weight excluding hydrogens is 367 g/mol. The maximum absolute atomic E-state index is 11.4. The highest BCUT2D eigenvalue weighted by atomic mass is 79.9. The summed E-state index contributed by atoms with van der Waals surface area (Å²) in [4.78, 5) is 22.5. The minimum absolute atomic E-state index is 0.163. The SMILES string of the molecule is O=C(Cl)c1ccc(C(=O)Cl)c(Oc2ccc(Br)cc2)c1. The number of benzene rings is 2. The molecule has 0 saturated heterocycles. The first-order valence-electron chi connectivity index (χ1n) is 5.44. The Hall–Kier alpha value is -1.36. The molecule has 3 nitrogen and oxygen atoms in total. The maximum Gasteiger partial charge on any atom is 0.256 e. The smallest absolute Gasteiger partial charge is 0.256 e. The first-order valence-corrected chi connectivity index (χ1v) is 6.99. The van der Waals surface area contributed by atoms with Gasteiger partial charge in [-0.25, -0.2) is 0 Å². The lowest BCUT2D eigenvalue weighted by Gasteiger charge is -2.10. The van der Waals surface area contributed by atoms with E-state index in [-0.39, 0.29) is 16.9 Å². The summed E-state index contributed by atoms with van der Waals surface area (Å²) in [5.74, 6) is 0.686. The molecule has 0 radical (unpaired) electrons. The van der Waals surface area contributed by atoms with Crippen molar-refractivity contribution >= 4 is 49.6 Å². The molecule has 0 N–H and O–H groups in total. The summed E-state index contributed by atoms with van der Waals surface area (Å²) in [5.41, 5.74) is 0.386. The van der Waals surface area contributed by atoms with E-state index in [9.17, 15) is 9.59 Å². The number of halogens is 3. The molecule has 0 amide bonds. The maximum atomic E-state index is 11.4. The van der Waals surface area contributed by atoms with Gasteiger partial charge in [-0.05, 0) is 65.7 Å². The van der Waals surface area contributed by atoms with Crippen molar-refractivity contribution in [2.75, 3.05) is 0 Å². The average Bonchev–Trinajstić information content (AvgIpc) is 2.41. The normalized spacial score (nSPS) is 10.2. The highest BCUT2D eigenvalue weighted by molar-refractivity contribution is 9.10. The second-order valence-corrected chi connectivity index (χ2v) is 5.42. The zero-order valence-corrected chi connectivity index (χ0v) is 13.0. The Morgan fingerprint density at radius 3 is 2.15 bits per heavy atom. The number of hydrogen-bond donors (Lipinski definition) is 0. The molecule has 0 heterocycles. The third-order valence-corrected chi connectivity index (χ3v) is 3.41. The first kappa shape index (κ1) is 15.0.